The second kappa shape index (κ2) is 6.81. The number of nitro groups is 1. The molecule has 2 rings (SSSR count). The number of nitrogens with zero attached hydrogens (tertiary/aromatic N) is 2. The van der Waals surface area contributed by atoms with E-state index in [-0.39, 0.29) is 17.0 Å². The van der Waals surface area contributed by atoms with E-state index in [1.165, 1.54) is 6.07 Å². The second-order valence-corrected chi connectivity index (χ2v) is 5.94. The van der Waals surface area contributed by atoms with E-state index in [0.29, 0.717) is 11.4 Å². The molecule has 1 aliphatic heterocycles. The lowest BCUT2D eigenvalue weighted by Crippen LogP contribution is -2.46. The second-order valence-electron chi connectivity index (χ2n) is 4.87. The molecule has 7 heteroatoms. The van der Waals surface area contributed by atoms with Gasteiger partial charge in [-0.1, -0.05) is 18.3 Å². The van der Waals surface area contributed by atoms with Crippen LogP contribution in [0.2, 0.25) is 0 Å². The molecule has 1 amide bonds. The Kier molecular flexibility index (Phi) is 5.08. The molecular weight excluding hydrogens is 278 g/mol. The molecule has 110 valence electrons. The lowest BCUT2D eigenvalue weighted by atomic mass is 10.0. The van der Waals surface area contributed by atoms with Crippen LogP contribution in [-0.2, 0) is 0 Å². The lowest BCUT2D eigenvalue weighted by Gasteiger charge is -2.34. The third kappa shape index (κ3) is 3.34. The minimum absolute atomic E-state index is 0.0232. The molecule has 0 aliphatic carbocycles. The smallest absolute Gasteiger partial charge is 0.324 e. The highest BCUT2D eigenvalue weighted by atomic mass is 32.1. The average Bonchev–Trinajstić information content (AvgIpc) is 2.95. The molecule has 1 aliphatic rings. The third-order valence-electron chi connectivity index (χ3n) is 3.46. The van der Waals surface area contributed by atoms with E-state index < -0.39 is 4.92 Å². The van der Waals surface area contributed by atoms with Crippen molar-refractivity contribution in [3.05, 3.63) is 27.1 Å². The first-order valence-electron chi connectivity index (χ1n) is 6.89. The number of hydrogen-bond acceptors (Lipinski definition) is 5. The Morgan fingerprint density at radius 3 is 2.75 bits per heavy atom. The van der Waals surface area contributed by atoms with Crippen LogP contribution >= 0.6 is 11.3 Å². The van der Waals surface area contributed by atoms with Crippen molar-refractivity contribution in [3.63, 3.8) is 0 Å². The predicted octanol–water partition coefficient (Wildman–Crippen LogP) is 2.26. The number of thiophene rings is 1. The maximum Gasteiger partial charge on any atom is 0.324 e. The molecule has 0 saturated carbocycles. The van der Waals surface area contributed by atoms with E-state index in [2.05, 4.69) is 5.32 Å². The Hall–Kier alpha value is -1.47. The predicted molar refractivity (Wildman–Crippen MR) is 78.2 cm³/mol. The fraction of sp³-hybridized carbons (Fsp3) is 0.615. The Balaban J connectivity index is 2.14. The first kappa shape index (κ1) is 14.9. The molecule has 0 unspecified atom stereocenters. The van der Waals surface area contributed by atoms with Crippen LogP contribution in [0.4, 0.5) is 5.00 Å². The number of nitrogens with one attached hydrogen (secondary N) is 1. The van der Waals surface area contributed by atoms with Gasteiger partial charge in [-0.3, -0.25) is 14.9 Å². The van der Waals surface area contributed by atoms with Crippen molar-refractivity contribution in [1.82, 2.24) is 10.2 Å². The van der Waals surface area contributed by atoms with E-state index in [1.54, 1.807) is 6.07 Å². The van der Waals surface area contributed by atoms with Crippen LogP contribution in [-0.4, -0.2) is 41.4 Å². The fourth-order valence-electron chi connectivity index (χ4n) is 2.49. The van der Waals surface area contributed by atoms with Crippen LogP contribution in [0, 0.1) is 10.1 Å². The zero-order chi connectivity index (χ0) is 14.5. The van der Waals surface area contributed by atoms with Crippen molar-refractivity contribution in [2.75, 3.05) is 19.6 Å². The number of hydrogen-bond donors (Lipinski definition) is 1. The fourth-order valence-corrected chi connectivity index (χ4v) is 3.27. The van der Waals surface area contributed by atoms with Gasteiger partial charge >= 0.3 is 5.00 Å². The summed E-state index contributed by atoms with van der Waals surface area (Å²) < 4.78 is 0. The van der Waals surface area contributed by atoms with Gasteiger partial charge in [0.05, 0.1) is 9.80 Å². The molecular formula is C13H19N3O3S. The number of rotatable bonds is 5. The molecule has 0 radical (unpaired) electrons. The van der Waals surface area contributed by atoms with E-state index >= 15 is 0 Å². The summed E-state index contributed by atoms with van der Waals surface area (Å²) in [5.41, 5.74) is 0. The Labute approximate surface area is 121 Å². The minimum atomic E-state index is -0.448. The molecule has 0 bridgehead atoms. The zero-order valence-electron chi connectivity index (χ0n) is 11.5. The summed E-state index contributed by atoms with van der Waals surface area (Å²) in [6.45, 7) is 4.58. The van der Waals surface area contributed by atoms with Crippen LogP contribution in [0.25, 0.3) is 0 Å². The quantitative estimate of drug-likeness (QED) is 0.668. The van der Waals surface area contributed by atoms with E-state index in [9.17, 15) is 14.9 Å². The Bertz CT molecular complexity index is 483. The van der Waals surface area contributed by atoms with E-state index in [1.807, 2.05) is 11.8 Å². The van der Waals surface area contributed by atoms with Crippen LogP contribution in [0.5, 0.6) is 0 Å². The van der Waals surface area contributed by atoms with Crippen LogP contribution in [0.15, 0.2) is 12.1 Å². The summed E-state index contributed by atoms with van der Waals surface area (Å²) in [6.07, 6.45) is 2.78. The molecule has 20 heavy (non-hydrogen) atoms. The first-order chi connectivity index (χ1) is 9.63. The monoisotopic (exact) mass is 297 g/mol. The van der Waals surface area contributed by atoms with Crippen molar-refractivity contribution in [2.24, 2.45) is 0 Å². The first-order valence-corrected chi connectivity index (χ1v) is 7.71. The van der Waals surface area contributed by atoms with Crippen molar-refractivity contribution >= 4 is 22.2 Å². The van der Waals surface area contributed by atoms with Crippen LogP contribution < -0.4 is 5.32 Å². The largest absolute Gasteiger partial charge is 0.335 e. The van der Waals surface area contributed by atoms with Crippen molar-refractivity contribution < 1.29 is 9.72 Å². The molecule has 6 nitrogen and oxygen atoms in total. The summed E-state index contributed by atoms with van der Waals surface area (Å²) in [5.74, 6) is -0.0724. The van der Waals surface area contributed by atoms with E-state index in [0.717, 1.165) is 43.7 Å². The van der Waals surface area contributed by atoms with Gasteiger partial charge in [0.2, 0.25) is 0 Å². The molecule has 1 saturated heterocycles. The van der Waals surface area contributed by atoms with Gasteiger partial charge in [0, 0.05) is 18.7 Å². The molecule has 0 aromatic carbocycles. The van der Waals surface area contributed by atoms with Gasteiger partial charge in [-0.2, -0.15) is 0 Å². The van der Waals surface area contributed by atoms with Crippen molar-refractivity contribution in [1.29, 1.82) is 0 Å². The highest BCUT2D eigenvalue weighted by Gasteiger charge is 2.27. The van der Waals surface area contributed by atoms with Gasteiger partial charge in [-0.25, -0.2) is 0 Å². The van der Waals surface area contributed by atoms with Gasteiger partial charge < -0.3 is 10.2 Å². The van der Waals surface area contributed by atoms with Gasteiger partial charge in [0.25, 0.3) is 5.91 Å². The maximum atomic E-state index is 12.6. The molecule has 1 N–H and O–H groups in total. The van der Waals surface area contributed by atoms with Gasteiger partial charge in [-0.05, 0) is 38.4 Å². The molecule has 1 fully saturated rings. The minimum Gasteiger partial charge on any atom is -0.335 e. The Morgan fingerprint density at radius 1 is 1.50 bits per heavy atom. The highest BCUT2D eigenvalue weighted by Crippen LogP contribution is 2.26. The highest BCUT2D eigenvalue weighted by molar-refractivity contribution is 7.17. The molecule has 1 aromatic heterocycles. The summed E-state index contributed by atoms with van der Waals surface area (Å²) >= 11 is 0.961. The Morgan fingerprint density at radius 2 is 2.20 bits per heavy atom. The van der Waals surface area contributed by atoms with Crippen molar-refractivity contribution in [2.45, 2.75) is 32.2 Å². The molecule has 1 aromatic rings. The maximum absolute atomic E-state index is 12.6. The zero-order valence-corrected chi connectivity index (χ0v) is 12.3. The standard InChI is InChI=1S/C13H19N3O3S/c1-2-9-15(10-5-7-14-8-6-10)13(17)11-3-4-12(20-11)16(18)19/h3-4,10,14H,2,5-9H2,1H3. The van der Waals surface area contributed by atoms with Crippen LogP contribution in [0.3, 0.4) is 0 Å². The lowest BCUT2D eigenvalue weighted by molar-refractivity contribution is -0.380. The van der Waals surface area contributed by atoms with E-state index in [4.69, 9.17) is 0 Å². The molecule has 0 atom stereocenters. The summed E-state index contributed by atoms with van der Waals surface area (Å²) in [6, 6.07) is 3.21. The molecule has 2 heterocycles. The van der Waals surface area contributed by atoms with Crippen LogP contribution in [0.1, 0.15) is 35.9 Å². The van der Waals surface area contributed by atoms with Crippen molar-refractivity contribution in [3.8, 4) is 0 Å². The summed E-state index contributed by atoms with van der Waals surface area (Å²) in [7, 11) is 0. The topological polar surface area (TPSA) is 75.5 Å². The van der Waals surface area contributed by atoms with Gasteiger partial charge in [0.1, 0.15) is 0 Å². The number of carbonyl (C=O) groups is 1. The number of piperidine rings is 1. The molecule has 0 spiro atoms. The van der Waals surface area contributed by atoms with Gasteiger partial charge in [-0.15, -0.1) is 0 Å². The summed E-state index contributed by atoms with van der Waals surface area (Å²) in [4.78, 5) is 25.2. The average molecular weight is 297 g/mol. The third-order valence-corrected chi connectivity index (χ3v) is 4.48. The number of carbonyl (C=O) groups excluding carboxylic acids is 1. The number of amides is 1. The normalized spacial score (nSPS) is 16.1. The van der Waals surface area contributed by atoms with Gasteiger partial charge in [0.15, 0.2) is 0 Å². The SMILES string of the molecule is CCCN(C(=O)c1ccc([N+](=O)[O-])s1)C1CCNCC1. The summed E-state index contributed by atoms with van der Waals surface area (Å²) in [5, 5.41) is 14.0.